The zero-order valence-corrected chi connectivity index (χ0v) is 19.4. The summed E-state index contributed by atoms with van der Waals surface area (Å²) in [5, 5.41) is 9.21. The molecule has 0 radical (unpaired) electrons. The Balaban J connectivity index is 1.63. The van der Waals surface area contributed by atoms with E-state index in [0.717, 1.165) is 29.8 Å². The van der Waals surface area contributed by atoms with E-state index in [2.05, 4.69) is 60.9 Å². The Morgan fingerprint density at radius 3 is 2.55 bits per heavy atom. The van der Waals surface area contributed by atoms with Crippen molar-refractivity contribution >= 4 is 29.5 Å². The predicted molar refractivity (Wildman–Crippen MR) is 114 cm³/mol. The second-order valence-corrected chi connectivity index (χ2v) is 10.6. The van der Waals surface area contributed by atoms with Gasteiger partial charge >= 0.3 is 183 Å². The molecule has 1 aliphatic carbocycles. The van der Waals surface area contributed by atoms with Crippen LogP contribution in [0.15, 0.2) is 54.6 Å². The van der Waals surface area contributed by atoms with Crippen LogP contribution in [0.3, 0.4) is 0 Å². The summed E-state index contributed by atoms with van der Waals surface area (Å²) >= 11 is 0.187. The van der Waals surface area contributed by atoms with Gasteiger partial charge in [0.25, 0.3) is 0 Å². The van der Waals surface area contributed by atoms with Crippen molar-refractivity contribution < 1.29 is 4.74 Å². The fraction of sp³-hybridized carbons (Fsp3) is 0.273. The van der Waals surface area contributed by atoms with E-state index in [1.807, 2.05) is 12.1 Å². The molecule has 0 unspecified atom stereocenters. The average Bonchev–Trinajstić information content (AvgIpc) is 3.45. The molecular formula is C22H20N4OSe2. The number of ether oxygens (including phenoxy) is 1. The van der Waals surface area contributed by atoms with Gasteiger partial charge in [-0.1, -0.05) is 0 Å². The second kappa shape index (κ2) is 8.37. The summed E-state index contributed by atoms with van der Waals surface area (Å²) in [7, 11) is 1.69. The number of methoxy groups -OCH3 is 1. The summed E-state index contributed by atoms with van der Waals surface area (Å²) < 4.78 is 17.1. The molecule has 7 heteroatoms. The Hall–Kier alpha value is -2.04. The molecule has 0 aliphatic heterocycles. The van der Waals surface area contributed by atoms with Crippen molar-refractivity contribution in [1.29, 1.82) is 0 Å². The quantitative estimate of drug-likeness (QED) is 0.383. The van der Waals surface area contributed by atoms with E-state index in [1.165, 1.54) is 26.6 Å². The number of hydrogen-bond acceptors (Lipinski definition) is 5. The normalized spacial score (nSPS) is 16.9. The van der Waals surface area contributed by atoms with Gasteiger partial charge in [-0.05, 0) is 0 Å². The molecule has 146 valence electrons. The van der Waals surface area contributed by atoms with Crippen LogP contribution in [0.25, 0.3) is 11.3 Å². The average molecular weight is 514 g/mol. The number of aromatic nitrogens is 4. The van der Waals surface area contributed by atoms with Gasteiger partial charge in [0.05, 0.1) is 0 Å². The Labute approximate surface area is 182 Å². The molecule has 0 saturated carbocycles. The van der Waals surface area contributed by atoms with Crippen LogP contribution in [0, 0.1) is 0 Å². The third-order valence-corrected chi connectivity index (χ3v) is 8.94. The Morgan fingerprint density at radius 2 is 1.76 bits per heavy atom. The molecule has 2 atom stereocenters. The van der Waals surface area contributed by atoms with Crippen LogP contribution in [-0.4, -0.2) is 55.0 Å². The van der Waals surface area contributed by atoms with Crippen LogP contribution in [0.1, 0.15) is 44.8 Å². The van der Waals surface area contributed by atoms with E-state index in [1.54, 1.807) is 7.11 Å². The molecule has 5 rings (SSSR count). The van der Waals surface area contributed by atoms with Gasteiger partial charge < -0.3 is 0 Å². The zero-order valence-electron chi connectivity index (χ0n) is 16.0. The van der Waals surface area contributed by atoms with E-state index < -0.39 is 0 Å². The molecule has 2 heterocycles. The third-order valence-electron chi connectivity index (χ3n) is 5.58. The van der Waals surface area contributed by atoms with E-state index in [-0.39, 0.29) is 35.4 Å². The zero-order chi connectivity index (χ0) is 19.6. The fourth-order valence-corrected chi connectivity index (χ4v) is 7.59. The van der Waals surface area contributed by atoms with Crippen molar-refractivity contribution in [3.05, 3.63) is 74.7 Å². The van der Waals surface area contributed by atoms with Crippen LogP contribution in [0.4, 0.5) is 0 Å². The Morgan fingerprint density at radius 1 is 0.966 bits per heavy atom. The molecule has 4 aromatic rings. The predicted octanol–water partition coefficient (Wildman–Crippen LogP) is 3.31. The molecule has 2 aromatic heterocycles. The van der Waals surface area contributed by atoms with Gasteiger partial charge in [-0.2, -0.15) is 0 Å². The molecule has 5 nitrogen and oxygen atoms in total. The van der Waals surface area contributed by atoms with Gasteiger partial charge in [0.1, 0.15) is 0 Å². The minimum atomic E-state index is -0.00513. The number of benzene rings is 2. The minimum absolute atomic E-state index is 0.00513. The van der Waals surface area contributed by atoms with Gasteiger partial charge in [-0.15, -0.1) is 0 Å². The molecule has 29 heavy (non-hydrogen) atoms. The van der Waals surface area contributed by atoms with Crippen LogP contribution in [0.5, 0.6) is 5.75 Å². The summed E-state index contributed by atoms with van der Waals surface area (Å²) in [4.78, 5) is 0. The van der Waals surface area contributed by atoms with Gasteiger partial charge in [0, 0.05) is 0 Å². The Kier molecular flexibility index (Phi) is 5.47. The van der Waals surface area contributed by atoms with Gasteiger partial charge in [-0.3, -0.25) is 0 Å². The van der Waals surface area contributed by atoms with Crippen LogP contribution < -0.4 is 4.74 Å². The van der Waals surface area contributed by atoms with Crippen molar-refractivity contribution in [1.82, 2.24) is 18.4 Å². The molecular weight excluding hydrogens is 494 g/mol. The number of aryl methyl sites for hydroxylation is 1. The third kappa shape index (κ3) is 3.64. The topological polar surface area (TPSA) is 60.8 Å². The van der Waals surface area contributed by atoms with Crippen molar-refractivity contribution in [2.24, 2.45) is 0 Å². The van der Waals surface area contributed by atoms with Gasteiger partial charge in [0.15, 0.2) is 0 Å². The second-order valence-electron chi connectivity index (χ2n) is 7.18. The monoisotopic (exact) mass is 516 g/mol. The van der Waals surface area contributed by atoms with Crippen molar-refractivity contribution in [2.75, 3.05) is 7.11 Å². The van der Waals surface area contributed by atoms with Gasteiger partial charge in [-0.25, -0.2) is 0 Å². The summed E-state index contributed by atoms with van der Waals surface area (Å²) in [5.41, 5.74) is 4.70. The molecule has 0 spiro atoms. The SMILES string of the molecule is COc1ccc(-c2nn[se]c2[C@@H](c2ccccc2)[C@@H]2CCCc3[se]nnc32)cc1. The first-order chi connectivity index (χ1) is 14.3. The standard InChI is InChI=1S/C22H20N4OSe2/c1-27-16-12-10-15(11-13-16)20-22(29-26-23-20)19(14-6-3-2-4-7-14)17-8-5-9-18-21(17)24-25-28-18/h2-4,6-7,10-13,17,19H,5,8-9H2,1H3/t17-,19-/m0/s1. The molecule has 0 amide bonds. The maximum absolute atomic E-state index is 5.32. The first-order valence-electron chi connectivity index (χ1n) is 9.68. The van der Waals surface area contributed by atoms with E-state index in [0.29, 0.717) is 5.92 Å². The number of nitrogens with zero attached hydrogens (tertiary/aromatic N) is 4. The first-order valence-corrected chi connectivity index (χ1v) is 12.9. The van der Waals surface area contributed by atoms with Crippen LogP contribution in [-0.2, 0) is 6.42 Å². The summed E-state index contributed by atoms with van der Waals surface area (Å²) in [6.45, 7) is 0. The van der Waals surface area contributed by atoms with Gasteiger partial charge in [0.2, 0.25) is 0 Å². The number of fused-ring (bicyclic) bond motifs is 1. The molecule has 0 saturated heterocycles. The van der Waals surface area contributed by atoms with E-state index in [4.69, 9.17) is 4.74 Å². The summed E-state index contributed by atoms with van der Waals surface area (Å²) in [5.74, 6) is 1.47. The van der Waals surface area contributed by atoms with Crippen LogP contribution in [0.2, 0.25) is 0 Å². The summed E-state index contributed by atoms with van der Waals surface area (Å²) in [6.07, 6.45) is 3.51. The maximum atomic E-state index is 5.32. The summed E-state index contributed by atoms with van der Waals surface area (Å²) in [6, 6.07) is 19.0. The van der Waals surface area contributed by atoms with E-state index in [9.17, 15) is 0 Å². The molecule has 1 aliphatic rings. The number of hydrogen-bond donors (Lipinski definition) is 0. The van der Waals surface area contributed by atoms with Crippen molar-refractivity contribution in [3.8, 4) is 17.0 Å². The number of rotatable bonds is 5. The molecule has 0 bridgehead atoms. The fourth-order valence-electron chi connectivity index (χ4n) is 4.19. The molecule has 0 fully saturated rings. The molecule has 0 N–H and O–H groups in total. The van der Waals surface area contributed by atoms with Crippen LogP contribution >= 0.6 is 0 Å². The van der Waals surface area contributed by atoms with E-state index >= 15 is 0 Å². The molecule has 2 aromatic carbocycles. The first kappa shape index (κ1) is 19.0. The van der Waals surface area contributed by atoms with Crippen molar-refractivity contribution in [3.63, 3.8) is 0 Å². The Bertz CT molecular complexity index is 1090. The van der Waals surface area contributed by atoms with Crippen molar-refractivity contribution in [2.45, 2.75) is 31.1 Å².